The Balaban J connectivity index is 1.40. The lowest BCUT2D eigenvalue weighted by Crippen LogP contribution is -2.26. The molecule has 0 spiro atoms. The van der Waals surface area contributed by atoms with Gasteiger partial charge in [-0.2, -0.15) is 0 Å². The molecule has 0 saturated carbocycles. The highest BCUT2D eigenvalue weighted by molar-refractivity contribution is 7.92. The smallest absolute Gasteiger partial charge is 0.262 e. The molecule has 5 aromatic rings. The van der Waals surface area contributed by atoms with Gasteiger partial charge < -0.3 is 15.2 Å². The van der Waals surface area contributed by atoms with Crippen molar-refractivity contribution in [3.8, 4) is 0 Å². The molecule has 4 aromatic carbocycles. The maximum absolute atomic E-state index is 13.8. The van der Waals surface area contributed by atoms with Crippen molar-refractivity contribution >= 4 is 43.4 Å². The number of benzene rings is 4. The maximum Gasteiger partial charge on any atom is 0.262 e. The number of hydrogen-bond donors (Lipinski definition) is 3. The first-order chi connectivity index (χ1) is 20.2. The third-order valence-electron chi connectivity index (χ3n) is 7.99. The van der Waals surface area contributed by atoms with E-state index in [-0.39, 0.29) is 5.84 Å². The molecule has 218 valence electrons. The first-order valence-electron chi connectivity index (χ1n) is 14.3. The molecule has 0 saturated heterocycles. The zero-order chi connectivity index (χ0) is 29.9. The van der Waals surface area contributed by atoms with E-state index in [0.717, 1.165) is 71.2 Å². The van der Waals surface area contributed by atoms with E-state index < -0.39 is 10.0 Å². The van der Waals surface area contributed by atoms with Crippen molar-refractivity contribution in [2.24, 2.45) is 12.8 Å². The van der Waals surface area contributed by atoms with Crippen LogP contribution in [0, 0.1) is 5.41 Å². The minimum atomic E-state index is -3.85. The van der Waals surface area contributed by atoms with Crippen molar-refractivity contribution in [3.63, 3.8) is 0 Å². The van der Waals surface area contributed by atoms with E-state index in [0.29, 0.717) is 22.6 Å². The highest BCUT2D eigenvalue weighted by Gasteiger charge is 2.22. The lowest BCUT2D eigenvalue weighted by Gasteiger charge is -2.20. The van der Waals surface area contributed by atoms with Crippen LogP contribution in [0.15, 0.2) is 83.8 Å². The second kappa shape index (κ2) is 12.3. The van der Waals surface area contributed by atoms with E-state index >= 15 is 0 Å². The molecule has 0 unspecified atom stereocenters. The third kappa shape index (κ3) is 6.17. The summed E-state index contributed by atoms with van der Waals surface area (Å²) in [6.07, 6.45) is 2.14. The minimum Gasteiger partial charge on any atom is -0.384 e. The highest BCUT2D eigenvalue weighted by atomic mass is 32.2. The molecule has 0 bridgehead atoms. The Morgan fingerprint density at radius 1 is 0.952 bits per heavy atom. The number of nitrogens with zero attached hydrogens (tertiary/aromatic N) is 3. The van der Waals surface area contributed by atoms with Crippen LogP contribution in [0.1, 0.15) is 36.4 Å². The van der Waals surface area contributed by atoms with E-state index in [9.17, 15) is 8.42 Å². The molecule has 0 aliphatic carbocycles. The first kappa shape index (κ1) is 29.3. The first-order valence-corrected chi connectivity index (χ1v) is 15.8. The van der Waals surface area contributed by atoms with Gasteiger partial charge in [0.15, 0.2) is 0 Å². The number of anilines is 1. The lowest BCUT2D eigenvalue weighted by molar-refractivity contribution is 0.307. The van der Waals surface area contributed by atoms with Gasteiger partial charge in [0.2, 0.25) is 0 Å². The predicted molar refractivity (Wildman–Crippen MR) is 172 cm³/mol. The number of nitrogen functional groups attached to an aromatic ring is 1. The molecular formula is C33H38N6O2S. The summed E-state index contributed by atoms with van der Waals surface area (Å²) in [5, 5.41) is 9.56. The topological polar surface area (TPSA) is 117 Å². The number of amidine groups is 1. The molecule has 0 fully saturated rings. The van der Waals surface area contributed by atoms with Gasteiger partial charge in [-0.15, -0.1) is 0 Å². The molecule has 9 heteroatoms. The summed E-state index contributed by atoms with van der Waals surface area (Å²) >= 11 is 0. The van der Waals surface area contributed by atoms with Gasteiger partial charge in [0, 0.05) is 25.6 Å². The van der Waals surface area contributed by atoms with Crippen LogP contribution in [0.4, 0.5) is 5.69 Å². The van der Waals surface area contributed by atoms with Crippen molar-refractivity contribution < 1.29 is 8.42 Å². The third-order valence-corrected chi connectivity index (χ3v) is 9.45. The van der Waals surface area contributed by atoms with Crippen LogP contribution in [-0.2, 0) is 36.3 Å². The number of imidazole rings is 1. The molecule has 1 aromatic heterocycles. The molecule has 4 N–H and O–H groups in total. The van der Waals surface area contributed by atoms with Crippen LogP contribution in [0.2, 0.25) is 0 Å². The fraction of sp³-hybridized carbons (Fsp3) is 0.273. The molecule has 0 amide bonds. The quantitative estimate of drug-likeness (QED) is 0.133. The van der Waals surface area contributed by atoms with Crippen LogP contribution in [0.5, 0.6) is 0 Å². The normalized spacial score (nSPS) is 11.9. The Morgan fingerprint density at radius 3 is 2.40 bits per heavy atom. The summed E-state index contributed by atoms with van der Waals surface area (Å²) in [4.78, 5) is 7.45. The van der Waals surface area contributed by atoms with Crippen molar-refractivity contribution in [1.82, 2.24) is 14.5 Å². The average molecular weight is 583 g/mol. The Kier molecular flexibility index (Phi) is 8.61. The Hall–Kier alpha value is -4.21. The molecular weight excluding hydrogens is 544 g/mol. The van der Waals surface area contributed by atoms with Gasteiger partial charge in [0.25, 0.3) is 10.0 Å². The van der Waals surface area contributed by atoms with E-state index in [4.69, 9.17) is 16.1 Å². The Bertz CT molecular complexity index is 1840. The van der Waals surface area contributed by atoms with Crippen LogP contribution in [-0.4, -0.2) is 48.3 Å². The molecule has 0 aliphatic rings. The Morgan fingerprint density at radius 2 is 1.69 bits per heavy atom. The average Bonchev–Trinajstić information content (AvgIpc) is 3.30. The van der Waals surface area contributed by atoms with Crippen molar-refractivity contribution in [2.75, 3.05) is 24.4 Å². The molecule has 5 rings (SSSR count). The van der Waals surface area contributed by atoms with Gasteiger partial charge in [0.05, 0.1) is 21.6 Å². The van der Waals surface area contributed by atoms with Crippen molar-refractivity contribution in [2.45, 2.75) is 38.0 Å². The second-order valence-corrected chi connectivity index (χ2v) is 12.2. The van der Waals surface area contributed by atoms with Crippen molar-refractivity contribution in [3.05, 3.63) is 101 Å². The molecule has 0 radical (unpaired) electrons. The summed E-state index contributed by atoms with van der Waals surface area (Å²) < 4.78 is 32.5. The molecule has 8 nitrogen and oxygen atoms in total. The van der Waals surface area contributed by atoms with Gasteiger partial charge in [-0.05, 0) is 72.1 Å². The minimum absolute atomic E-state index is 0.0554. The Labute approximate surface area is 247 Å². The van der Waals surface area contributed by atoms with Gasteiger partial charge in [-0.25, -0.2) is 13.4 Å². The summed E-state index contributed by atoms with van der Waals surface area (Å²) in [6, 6.07) is 24.7. The van der Waals surface area contributed by atoms with Gasteiger partial charge >= 0.3 is 0 Å². The zero-order valence-corrected chi connectivity index (χ0v) is 25.2. The lowest BCUT2D eigenvalue weighted by atomic mass is 10.0. The standard InChI is InChI=1S/C33H38N6O2S/c1-4-39(5-2)21-20-28-27-9-7-6-8-24(27)15-18-31(28)42(40,41)37-26-16-17-30-29(22-26)36-32(38(30)3)19-12-23-10-13-25(14-11-23)33(34)35/h6-11,13-18,22,37H,4-5,12,19-21H2,1-3H3,(H3,34,35). The number of aryl methyl sites for hydroxylation is 3. The monoisotopic (exact) mass is 582 g/mol. The predicted octanol–water partition coefficient (Wildman–Crippen LogP) is 5.48. The molecule has 0 aliphatic heterocycles. The number of aromatic nitrogens is 2. The number of rotatable bonds is 12. The van der Waals surface area contributed by atoms with Crippen LogP contribution in [0.3, 0.4) is 0 Å². The second-order valence-electron chi connectivity index (χ2n) is 10.5. The number of sulfonamides is 1. The number of hydrogen-bond acceptors (Lipinski definition) is 5. The SMILES string of the molecule is CCN(CC)CCc1c(S(=O)(=O)Nc2ccc3c(c2)nc(CCc2ccc(C(=N)N)cc2)n3C)ccc2ccccc12. The number of nitrogens with two attached hydrogens (primary N) is 1. The largest absolute Gasteiger partial charge is 0.384 e. The van der Waals surface area contributed by atoms with Crippen LogP contribution >= 0.6 is 0 Å². The summed E-state index contributed by atoms with van der Waals surface area (Å²) in [6.45, 7) is 6.86. The van der Waals surface area contributed by atoms with E-state index in [1.165, 1.54) is 0 Å². The fourth-order valence-corrected chi connectivity index (χ4v) is 6.82. The fourth-order valence-electron chi connectivity index (χ4n) is 5.49. The number of fused-ring (bicyclic) bond motifs is 2. The molecule has 1 heterocycles. The van der Waals surface area contributed by atoms with Crippen LogP contribution in [0.25, 0.3) is 21.8 Å². The number of likely N-dealkylation sites (N-methyl/N-ethyl adjacent to an activating group) is 1. The van der Waals surface area contributed by atoms with E-state index in [2.05, 4.69) is 23.5 Å². The summed E-state index contributed by atoms with van der Waals surface area (Å²) in [7, 11) is -1.88. The van der Waals surface area contributed by atoms with Gasteiger partial charge in [-0.3, -0.25) is 10.1 Å². The van der Waals surface area contributed by atoms with E-state index in [1.54, 1.807) is 18.2 Å². The summed E-state index contributed by atoms with van der Waals surface area (Å²) in [5.74, 6) is 0.966. The highest BCUT2D eigenvalue weighted by Crippen LogP contribution is 2.29. The van der Waals surface area contributed by atoms with Crippen molar-refractivity contribution in [1.29, 1.82) is 5.41 Å². The molecule has 42 heavy (non-hydrogen) atoms. The summed E-state index contributed by atoms with van der Waals surface area (Å²) in [5.41, 5.74) is 10.4. The van der Waals surface area contributed by atoms with Gasteiger partial charge in [0.1, 0.15) is 11.7 Å². The maximum atomic E-state index is 13.8. The van der Waals surface area contributed by atoms with E-state index in [1.807, 2.05) is 72.3 Å². The van der Waals surface area contributed by atoms with Gasteiger partial charge in [-0.1, -0.05) is 68.4 Å². The zero-order valence-electron chi connectivity index (χ0n) is 24.4. The molecule has 0 atom stereocenters. The van der Waals surface area contributed by atoms with Crippen LogP contribution < -0.4 is 10.5 Å². The number of nitrogens with one attached hydrogen (secondary N) is 2.